The second kappa shape index (κ2) is 6.89. The number of hydrogen-bond donors (Lipinski definition) is 0. The lowest BCUT2D eigenvalue weighted by Gasteiger charge is -2.23. The van der Waals surface area contributed by atoms with Crippen molar-refractivity contribution in [3.63, 3.8) is 0 Å². The summed E-state index contributed by atoms with van der Waals surface area (Å²) in [4.78, 5) is 13.8. The minimum absolute atomic E-state index is 0.00261. The average Bonchev–Trinajstić information content (AvgIpc) is 2.40. The standard InChI is InChI=1S/C14H21NO3/c1-5-15(6-2)14(16)11(3)18-13-9-7-8-12(10-13)17-4/h7-11H,5-6H2,1-4H3/t11-/m1/s1. The number of amides is 1. The molecule has 0 spiro atoms. The van der Waals surface area contributed by atoms with E-state index in [4.69, 9.17) is 9.47 Å². The third-order valence-corrected chi connectivity index (χ3v) is 2.78. The Hall–Kier alpha value is -1.71. The quantitative estimate of drug-likeness (QED) is 0.779. The van der Waals surface area contributed by atoms with Gasteiger partial charge in [0.25, 0.3) is 5.91 Å². The van der Waals surface area contributed by atoms with Crippen molar-refractivity contribution in [3.05, 3.63) is 24.3 Å². The fraction of sp³-hybridized carbons (Fsp3) is 0.500. The number of ether oxygens (including phenoxy) is 2. The molecule has 18 heavy (non-hydrogen) atoms. The highest BCUT2D eigenvalue weighted by Crippen LogP contribution is 2.20. The first-order chi connectivity index (χ1) is 8.62. The summed E-state index contributed by atoms with van der Waals surface area (Å²) >= 11 is 0. The SMILES string of the molecule is CCN(CC)C(=O)[C@@H](C)Oc1cccc(OC)c1. The molecule has 0 aliphatic rings. The van der Waals surface area contributed by atoms with Crippen molar-refractivity contribution in [1.82, 2.24) is 4.90 Å². The van der Waals surface area contributed by atoms with Gasteiger partial charge in [-0.3, -0.25) is 4.79 Å². The van der Waals surface area contributed by atoms with Gasteiger partial charge in [-0.2, -0.15) is 0 Å². The number of methoxy groups -OCH3 is 1. The van der Waals surface area contributed by atoms with Gasteiger partial charge in [0, 0.05) is 19.2 Å². The van der Waals surface area contributed by atoms with E-state index in [1.807, 2.05) is 32.0 Å². The van der Waals surface area contributed by atoms with Gasteiger partial charge in [-0.1, -0.05) is 6.07 Å². The van der Waals surface area contributed by atoms with E-state index in [1.54, 1.807) is 25.0 Å². The van der Waals surface area contributed by atoms with E-state index >= 15 is 0 Å². The van der Waals surface area contributed by atoms with Gasteiger partial charge >= 0.3 is 0 Å². The largest absolute Gasteiger partial charge is 0.497 e. The maximum atomic E-state index is 12.0. The molecule has 0 aliphatic heterocycles. The van der Waals surface area contributed by atoms with E-state index in [9.17, 15) is 4.79 Å². The van der Waals surface area contributed by atoms with Gasteiger partial charge in [0.05, 0.1) is 7.11 Å². The van der Waals surface area contributed by atoms with Crippen LogP contribution in [0, 0.1) is 0 Å². The Kier molecular flexibility index (Phi) is 5.49. The zero-order valence-corrected chi connectivity index (χ0v) is 11.5. The van der Waals surface area contributed by atoms with E-state index in [-0.39, 0.29) is 5.91 Å². The summed E-state index contributed by atoms with van der Waals surface area (Å²) in [5.41, 5.74) is 0. The average molecular weight is 251 g/mol. The van der Waals surface area contributed by atoms with E-state index in [0.29, 0.717) is 18.8 Å². The Morgan fingerprint density at radius 2 is 1.89 bits per heavy atom. The Morgan fingerprint density at radius 3 is 2.44 bits per heavy atom. The van der Waals surface area contributed by atoms with Crippen LogP contribution in [0.3, 0.4) is 0 Å². The molecule has 4 heteroatoms. The van der Waals surface area contributed by atoms with Crippen LogP contribution >= 0.6 is 0 Å². The predicted octanol–water partition coefficient (Wildman–Crippen LogP) is 2.33. The minimum atomic E-state index is -0.489. The Balaban J connectivity index is 2.68. The third-order valence-electron chi connectivity index (χ3n) is 2.78. The number of benzene rings is 1. The minimum Gasteiger partial charge on any atom is -0.497 e. The zero-order valence-electron chi connectivity index (χ0n) is 11.5. The first kappa shape index (κ1) is 14.4. The van der Waals surface area contributed by atoms with Gasteiger partial charge in [0.1, 0.15) is 11.5 Å². The van der Waals surface area contributed by atoms with Gasteiger partial charge in [-0.15, -0.1) is 0 Å². The number of hydrogen-bond acceptors (Lipinski definition) is 3. The lowest BCUT2D eigenvalue weighted by molar-refractivity contribution is -0.137. The molecule has 100 valence electrons. The van der Waals surface area contributed by atoms with Crippen molar-refractivity contribution in [2.45, 2.75) is 26.9 Å². The van der Waals surface area contributed by atoms with E-state index < -0.39 is 6.10 Å². The normalized spacial score (nSPS) is 11.8. The van der Waals surface area contributed by atoms with Crippen molar-refractivity contribution in [3.8, 4) is 11.5 Å². The Morgan fingerprint density at radius 1 is 1.28 bits per heavy atom. The highest BCUT2D eigenvalue weighted by molar-refractivity contribution is 5.80. The van der Waals surface area contributed by atoms with Gasteiger partial charge in [-0.05, 0) is 32.9 Å². The molecule has 0 bridgehead atoms. The van der Waals surface area contributed by atoms with Gasteiger partial charge in [-0.25, -0.2) is 0 Å². The molecule has 1 aromatic rings. The van der Waals surface area contributed by atoms with Crippen molar-refractivity contribution >= 4 is 5.91 Å². The Labute approximate surface area is 108 Å². The summed E-state index contributed by atoms with van der Waals surface area (Å²) < 4.78 is 10.7. The van der Waals surface area contributed by atoms with E-state index in [0.717, 1.165) is 5.75 Å². The number of carbonyl (C=O) groups excluding carboxylic acids is 1. The summed E-state index contributed by atoms with van der Waals surface area (Å²) in [6.45, 7) is 7.07. The summed E-state index contributed by atoms with van der Waals surface area (Å²) in [5.74, 6) is 1.36. The van der Waals surface area contributed by atoms with Crippen molar-refractivity contribution in [1.29, 1.82) is 0 Å². The molecule has 1 amide bonds. The molecule has 1 rings (SSSR count). The summed E-state index contributed by atoms with van der Waals surface area (Å²) in [7, 11) is 1.60. The van der Waals surface area contributed by atoms with Gasteiger partial charge in [0.2, 0.25) is 0 Å². The van der Waals surface area contributed by atoms with Gasteiger partial charge < -0.3 is 14.4 Å². The third kappa shape index (κ3) is 3.65. The van der Waals surface area contributed by atoms with Crippen molar-refractivity contribution < 1.29 is 14.3 Å². The van der Waals surface area contributed by atoms with Crippen LogP contribution in [-0.4, -0.2) is 37.1 Å². The molecule has 0 saturated carbocycles. The molecule has 0 heterocycles. The molecule has 1 aromatic carbocycles. The van der Waals surface area contributed by atoms with Crippen LogP contribution in [0.5, 0.6) is 11.5 Å². The highest BCUT2D eigenvalue weighted by atomic mass is 16.5. The molecule has 0 radical (unpaired) electrons. The van der Waals surface area contributed by atoms with Crippen molar-refractivity contribution in [2.24, 2.45) is 0 Å². The van der Waals surface area contributed by atoms with Crippen LogP contribution < -0.4 is 9.47 Å². The highest BCUT2D eigenvalue weighted by Gasteiger charge is 2.19. The van der Waals surface area contributed by atoms with Crippen LogP contribution in [0.4, 0.5) is 0 Å². The van der Waals surface area contributed by atoms with E-state index in [1.165, 1.54) is 0 Å². The second-order valence-electron chi connectivity index (χ2n) is 3.95. The molecule has 1 atom stereocenters. The fourth-order valence-electron chi connectivity index (χ4n) is 1.72. The topological polar surface area (TPSA) is 38.8 Å². The Bertz CT molecular complexity index is 388. The van der Waals surface area contributed by atoms with E-state index in [2.05, 4.69) is 0 Å². The summed E-state index contributed by atoms with van der Waals surface area (Å²) in [5, 5.41) is 0. The number of carbonyl (C=O) groups is 1. The second-order valence-corrected chi connectivity index (χ2v) is 3.95. The lowest BCUT2D eigenvalue weighted by atomic mass is 10.3. The summed E-state index contributed by atoms with van der Waals surface area (Å²) in [6.07, 6.45) is -0.489. The van der Waals surface area contributed by atoms with Crippen LogP contribution in [0.1, 0.15) is 20.8 Å². The fourth-order valence-corrected chi connectivity index (χ4v) is 1.72. The van der Waals surface area contributed by atoms with Crippen LogP contribution in [0.15, 0.2) is 24.3 Å². The maximum absolute atomic E-state index is 12.0. The molecular formula is C14H21NO3. The molecule has 0 unspecified atom stereocenters. The van der Waals surface area contributed by atoms with Crippen LogP contribution in [0.25, 0.3) is 0 Å². The first-order valence-electron chi connectivity index (χ1n) is 6.21. The number of likely N-dealkylation sites (N-methyl/N-ethyl adjacent to an activating group) is 1. The molecule has 0 fully saturated rings. The number of rotatable bonds is 6. The first-order valence-corrected chi connectivity index (χ1v) is 6.21. The molecule has 4 nitrogen and oxygen atoms in total. The molecular weight excluding hydrogens is 230 g/mol. The molecule has 0 saturated heterocycles. The molecule has 0 N–H and O–H groups in total. The molecule has 0 aliphatic carbocycles. The zero-order chi connectivity index (χ0) is 13.5. The maximum Gasteiger partial charge on any atom is 0.263 e. The molecule has 0 aromatic heterocycles. The van der Waals surface area contributed by atoms with Crippen LogP contribution in [-0.2, 0) is 4.79 Å². The van der Waals surface area contributed by atoms with Crippen LogP contribution in [0.2, 0.25) is 0 Å². The van der Waals surface area contributed by atoms with Crippen molar-refractivity contribution in [2.75, 3.05) is 20.2 Å². The monoisotopic (exact) mass is 251 g/mol. The van der Waals surface area contributed by atoms with Gasteiger partial charge in [0.15, 0.2) is 6.10 Å². The predicted molar refractivity (Wildman–Crippen MR) is 71.0 cm³/mol. The smallest absolute Gasteiger partial charge is 0.263 e. The lowest BCUT2D eigenvalue weighted by Crippen LogP contribution is -2.40. The number of nitrogens with zero attached hydrogens (tertiary/aromatic N) is 1. The summed E-state index contributed by atoms with van der Waals surface area (Å²) in [6, 6.07) is 7.26.